The lowest BCUT2D eigenvalue weighted by molar-refractivity contribution is -0.130. The van der Waals surface area contributed by atoms with Crippen molar-refractivity contribution in [2.45, 2.75) is 31.2 Å². The number of rotatable bonds is 5. The zero-order valence-corrected chi connectivity index (χ0v) is 14.5. The highest BCUT2D eigenvalue weighted by Gasteiger charge is 2.45. The molecule has 0 spiro atoms. The zero-order valence-electron chi connectivity index (χ0n) is 14.5. The molecule has 0 unspecified atom stereocenters. The minimum atomic E-state index is -0.555. The Kier molecular flexibility index (Phi) is 5.21. The molecule has 2 N–H and O–H groups in total. The Hall–Kier alpha value is -2.89. The van der Waals surface area contributed by atoms with Crippen LogP contribution in [0.4, 0.5) is 14.9 Å². The van der Waals surface area contributed by atoms with Crippen LogP contribution in [0.15, 0.2) is 48.5 Å². The van der Waals surface area contributed by atoms with Crippen LogP contribution < -0.4 is 10.6 Å². The molecule has 1 saturated carbocycles. The first-order valence-electron chi connectivity index (χ1n) is 8.52. The van der Waals surface area contributed by atoms with Crippen LogP contribution in [-0.4, -0.2) is 19.1 Å². The summed E-state index contributed by atoms with van der Waals surface area (Å²) in [5, 5.41) is 5.55. The summed E-state index contributed by atoms with van der Waals surface area (Å²) in [6.07, 6.45) is 2.00. The fraction of sp³-hybridized carbons (Fsp3) is 0.300. The first kappa shape index (κ1) is 17.9. The third kappa shape index (κ3) is 3.69. The van der Waals surface area contributed by atoms with E-state index in [9.17, 15) is 14.0 Å². The van der Waals surface area contributed by atoms with E-state index in [1.807, 2.05) is 12.1 Å². The lowest BCUT2D eigenvalue weighted by Crippen LogP contribution is -2.49. The summed E-state index contributed by atoms with van der Waals surface area (Å²) in [5.74, 6) is -0.337. The number of hydrogen-bond donors (Lipinski definition) is 2. The highest BCUT2D eigenvalue weighted by atomic mass is 19.1. The molecule has 3 rings (SSSR count). The molecule has 0 heterocycles. The molecule has 0 saturated heterocycles. The number of carbonyl (C=O) groups excluding carboxylic acids is 2. The number of ether oxygens (including phenoxy) is 1. The van der Waals surface area contributed by atoms with Crippen molar-refractivity contribution in [1.29, 1.82) is 0 Å². The molecule has 0 radical (unpaired) electrons. The molecule has 2 aromatic carbocycles. The first-order valence-corrected chi connectivity index (χ1v) is 8.52. The Balaban J connectivity index is 1.62. The zero-order chi connectivity index (χ0) is 18.6. The number of benzene rings is 2. The first-order chi connectivity index (χ1) is 12.5. The Morgan fingerprint density at radius 1 is 1.08 bits per heavy atom. The molecule has 0 atom stereocenters. The highest BCUT2D eigenvalue weighted by Crippen LogP contribution is 2.44. The van der Waals surface area contributed by atoms with E-state index in [1.165, 1.54) is 19.2 Å². The smallest absolute Gasteiger partial charge is 0.411 e. The SMILES string of the molecule is COC(=O)Nc1ccc(CNC(=O)C2(c3ccc(F)cc3)CCC2)cc1. The van der Waals surface area contributed by atoms with Crippen LogP contribution in [0.3, 0.4) is 0 Å². The van der Waals surface area contributed by atoms with Gasteiger partial charge < -0.3 is 10.1 Å². The van der Waals surface area contributed by atoms with Crippen LogP contribution in [0.25, 0.3) is 0 Å². The van der Waals surface area contributed by atoms with E-state index in [1.54, 1.807) is 24.3 Å². The minimum absolute atomic E-state index is 0.0351. The topological polar surface area (TPSA) is 67.4 Å². The number of anilines is 1. The second-order valence-corrected chi connectivity index (χ2v) is 6.44. The summed E-state index contributed by atoms with van der Waals surface area (Å²) < 4.78 is 17.7. The van der Waals surface area contributed by atoms with E-state index in [0.717, 1.165) is 30.4 Å². The van der Waals surface area contributed by atoms with Gasteiger partial charge in [-0.05, 0) is 48.2 Å². The van der Waals surface area contributed by atoms with E-state index in [0.29, 0.717) is 12.2 Å². The minimum Gasteiger partial charge on any atom is -0.453 e. The van der Waals surface area contributed by atoms with Crippen molar-refractivity contribution in [2.24, 2.45) is 0 Å². The molecule has 1 aliphatic carbocycles. The maximum absolute atomic E-state index is 13.2. The fourth-order valence-corrected chi connectivity index (χ4v) is 3.17. The maximum Gasteiger partial charge on any atom is 0.411 e. The van der Waals surface area contributed by atoms with Crippen LogP contribution in [0.1, 0.15) is 30.4 Å². The predicted molar refractivity (Wildman–Crippen MR) is 96.2 cm³/mol. The largest absolute Gasteiger partial charge is 0.453 e. The molecule has 0 aliphatic heterocycles. The number of halogens is 1. The van der Waals surface area contributed by atoms with Crippen molar-refractivity contribution in [3.63, 3.8) is 0 Å². The van der Waals surface area contributed by atoms with Crippen LogP contribution in [-0.2, 0) is 21.5 Å². The molecule has 1 aliphatic rings. The normalized spacial score (nSPS) is 14.8. The van der Waals surface area contributed by atoms with Crippen molar-refractivity contribution in [3.8, 4) is 0 Å². The van der Waals surface area contributed by atoms with Gasteiger partial charge in [-0.15, -0.1) is 0 Å². The number of amides is 2. The molecular weight excluding hydrogens is 335 g/mol. The number of hydrogen-bond acceptors (Lipinski definition) is 3. The molecule has 1 fully saturated rings. The second kappa shape index (κ2) is 7.56. The van der Waals surface area contributed by atoms with Gasteiger partial charge in [-0.3, -0.25) is 10.1 Å². The van der Waals surface area contributed by atoms with E-state index in [-0.39, 0.29) is 11.7 Å². The monoisotopic (exact) mass is 356 g/mol. The summed E-state index contributed by atoms with van der Waals surface area (Å²) in [7, 11) is 1.30. The third-order valence-corrected chi connectivity index (χ3v) is 4.88. The third-order valence-electron chi connectivity index (χ3n) is 4.88. The Bertz CT molecular complexity index is 784. The second-order valence-electron chi connectivity index (χ2n) is 6.44. The Morgan fingerprint density at radius 3 is 2.27 bits per heavy atom. The molecule has 26 heavy (non-hydrogen) atoms. The summed E-state index contributed by atoms with van der Waals surface area (Å²) in [6.45, 7) is 0.389. The molecule has 2 aromatic rings. The van der Waals surface area contributed by atoms with Crippen LogP contribution in [0.5, 0.6) is 0 Å². The van der Waals surface area contributed by atoms with Crippen LogP contribution >= 0.6 is 0 Å². The molecule has 2 amide bonds. The lowest BCUT2D eigenvalue weighted by atomic mass is 9.64. The Labute approximate surface area is 151 Å². The molecule has 0 aromatic heterocycles. The standard InChI is InChI=1S/C20H21FN2O3/c1-26-19(25)23-17-9-3-14(4-10-17)13-22-18(24)20(11-2-12-20)15-5-7-16(21)8-6-15/h3-10H,2,11-13H2,1H3,(H,22,24)(H,23,25). The molecule has 5 nitrogen and oxygen atoms in total. The lowest BCUT2D eigenvalue weighted by Gasteiger charge is -2.40. The number of methoxy groups -OCH3 is 1. The van der Waals surface area contributed by atoms with Gasteiger partial charge in [0.2, 0.25) is 5.91 Å². The summed E-state index contributed by atoms with van der Waals surface area (Å²) >= 11 is 0. The molecule has 136 valence electrons. The van der Waals surface area contributed by atoms with Crippen molar-refractivity contribution < 1.29 is 18.7 Å². The van der Waals surface area contributed by atoms with Crippen molar-refractivity contribution >= 4 is 17.7 Å². The van der Waals surface area contributed by atoms with Crippen LogP contribution in [0, 0.1) is 5.82 Å². The maximum atomic E-state index is 13.2. The van der Waals surface area contributed by atoms with E-state index in [2.05, 4.69) is 15.4 Å². The van der Waals surface area contributed by atoms with Crippen molar-refractivity contribution in [2.75, 3.05) is 12.4 Å². The van der Waals surface area contributed by atoms with Crippen molar-refractivity contribution in [1.82, 2.24) is 5.32 Å². The van der Waals surface area contributed by atoms with Crippen LogP contribution in [0.2, 0.25) is 0 Å². The van der Waals surface area contributed by atoms with E-state index < -0.39 is 11.5 Å². The molecule has 0 bridgehead atoms. The molecular formula is C20H21FN2O3. The summed E-state index contributed by atoms with van der Waals surface area (Å²) in [5.41, 5.74) is 1.84. The average molecular weight is 356 g/mol. The van der Waals surface area contributed by atoms with Gasteiger partial charge in [0.05, 0.1) is 12.5 Å². The fourth-order valence-electron chi connectivity index (χ4n) is 3.17. The van der Waals surface area contributed by atoms with E-state index >= 15 is 0 Å². The van der Waals surface area contributed by atoms with Gasteiger partial charge in [-0.25, -0.2) is 9.18 Å². The van der Waals surface area contributed by atoms with Gasteiger partial charge in [0.25, 0.3) is 0 Å². The van der Waals surface area contributed by atoms with Gasteiger partial charge in [0.1, 0.15) is 5.82 Å². The van der Waals surface area contributed by atoms with Gasteiger partial charge in [0.15, 0.2) is 0 Å². The van der Waals surface area contributed by atoms with Gasteiger partial charge >= 0.3 is 6.09 Å². The summed E-state index contributed by atoms with van der Waals surface area (Å²) in [4.78, 5) is 24.0. The molecule has 6 heteroatoms. The average Bonchev–Trinajstić information content (AvgIpc) is 2.61. The number of nitrogens with one attached hydrogen (secondary N) is 2. The highest BCUT2D eigenvalue weighted by molar-refractivity contribution is 5.89. The predicted octanol–water partition coefficient (Wildman–Crippen LogP) is 3.74. The quantitative estimate of drug-likeness (QED) is 0.857. The number of carbonyl (C=O) groups is 2. The Morgan fingerprint density at radius 2 is 1.73 bits per heavy atom. The van der Waals surface area contributed by atoms with Gasteiger partial charge in [-0.1, -0.05) is 30.7 Å². The van der Waals surface area contributed by atoms with E-state index in [4.69, 9.17) is 0 Å². The van der Waals surface area contributed by atoms with Gasteiger partial charge in [0, 0.05) is 12.2 Å². The van der Waals surface area contributed by atoms with Gasteiger partial charge in [-0.2, -0.15) is 0 Å². The van der Waals surface area contributed by atoms with Crippen molar-refractivity contribution in [3.05, 3.63) is 65.5 Å². The summed E-state index contributed by atoms with van der Waals surface area (Å²) in [6, 6.07) is 13.3.